The standard InChI is InChI=1S/C24H33N3O2/c1-24(2,3)18-22(28)26-21-11-9-20(10-12-21)17-23(29)27(16-14-25)15-13-19-7-5-4-6-8-19/h4-12H,13-18,25H2,1-3H3,(H,26,28). The predicted octanol–water partition coefficient (Wildman–Crippen LogP) is 3.63. The number of nitrogens with one attached hydrogen (secondary N) is 1. The third kappa shape index (κ3) is 8.48. The molecule has 5 nitrogen and oxygen atoms in total. The zero-order chi connectivity index (χ0) is 21.3. The Morgan fingerprint density at radius 2 is 1.59 bits per heavy atom. The molecule has 2 aromatic carbocycles. The van der Waals surface area contributed by atoms with E-state index in [2.05, 4.69) is 17.4 Å². The number of hydrogen-bond acceptors (Lipinski definition) is 3. The fourth-order valence-corrected chi connectivity index (χ4v) is 3.10. The lowest BCUT2D eigenvalue weighted by Crippen LogP contribution is -2.37. The highest BCUT2D eigenvalue weighted by Gasteiger charge is 2.16. The maximum Gasteiger partial charge on any atom is 0.227 e. The minimum absolute atomic E-state index is 0.00337. The van der Waals surface area contributed by atoms with Gasteiger partial charge in [0.05, 0.1) is 6.42 Å². The van der Waals surface area contributed by atoms with Crippen LogP contribution >= 0.6 is 0 Å². The van der Waals surface area contributed by atoms with Gasteiger partial charge in [-0.2, -0.15) is 0 Å². The van der Waals surface area contributed by atoms with E-state index in [4.69, 9.17) is 5.73 Å². The summed E-state index contributed by atoms with van der Waals surface area (Å²) in [4.78, 5) is 26.6. The quantitative estimate of drug-likeness (QED) is 0.681. The fraction of sp³-hybridized carbons (Fsp3) is 0.417. The zero-order valence-electron chi connectivity index (χ0n) is 17.8. The summed E-state index contributed by atoms with van der Waals surface area (Å²) in [5.41, 5.74) is 8.53. The van der Waals surface area contributed by atoms with Crippen molar-refractivity contribution in [2.45, 2.75) is 40.0 Å². The molecule has 5 heteroatoms. The number of nitrogens with two attached hydrogens (primary N) is 1. The molecular formula is C24H33N3O2. The van der Waals surface area contributed by atoms with Gasteiger partial charge in [0.25, 0.3) is 0 Å². The number of amides is 2. The van der Waals surface area contributed by atoms with E-state index in [1.165, 1.54) is 5.56 Å². The monoisotopic (exact) mass is 395 g/mol. The molecule has 2 amide bonds. The normalized spacial score (nSPS) is 11.2. The smallest absolute Gasteiger partial charge is 0.227 e. The van der Waals surface area contributed by atoms with Crippen molar-refractivity contribution in [3.05, 3.63) is 65.7 Å². The number of carbonyl (C=O) groups is 2. The summed E-state index contributed by atoms with van der Waals surface area (Å²) in [5.74, 6) is 0.0623. The highest BCUT2D eigenvalue weighted by Crippen LogP contribution is 2.20. The molecule has 2 aromatic rings. The summed E-state index contributed by atoms with van der Waals surface area (Å²) in [5, 5.41) is 2.91. The molecule has 0 saturated heterocycles. The average Bonchev–Trinajstić information content (AvgIpc) is 2.66. The molecule has 0 atom stereocenters. The third-order valence-electron chi connectivity index (χ3n) is 4.55. The second-order valence-corrected chi connectivity index (χ2v) is 8.56. The largest absolute Gasteiger partial charge is 0.341 e. The van der Waals surface area contributed by atoms with Gasteiger partial charge in [-0.3, -0.25) is 9.59 Å². The van der Waals surface area contributed by atoms with E-state index in [0.29, 0.717) is 32.5 Å². The van der Waals surface area contributed by atoms with Gasteiger partial charge in [-0.15, -0.1) is 0 Å². The van der Waals surface area contributed by atoms with Crippen LogP contribution in [0, 0.1) is 5.41 Å². The van der Waals surface area contributed by atoms with Crippen LogP contribution in [0.1, 0.15) is 38.3 Å². The highest BCUT2D eigenvalue weighted by molar-refractivity contribution is 5.91. The number of carbonyl (C=O) groups excluding carboxylic acids is 2. The first-order valence-corrected chi connectivity index (χ1v) is 10.2. The molecule has 0 saturated carbocycles. The average molecular weight is 396 g/mol. The van der Waals surface area contributed by atoms with Gasteiger partial charge in [-0.1, -0.05) is 63.2 Å². The second-order valence-electron chi connectivity index (χ2n) is 8.56. The summed E-state index contributed by atoms with van der Waals surface area (Å²) >= 11 is 0. The minimum atomic E-state index is -0.0529. The number of nitrogens with zero attached hydrogens (tertiary/aromatic N) is 1. The Bertz CT molecular complexity index is 780. The Kier molecular flexibility index (Phi) is 8.40. The van der Waals surface area contributed by atoms with Crippen molar-refractivity contribution in [1.29, 1.82) is 0 Å². The second kappa shape index (κ2) is 10.8. The molecule has 0 unspecified atom stereocenters. The van der Waals surface area contributed by atoms with E-state index < -0.39 is 0 Å². The molecule has 156 valence electrons. The molecule has 29 heavy (non-hydrogen) atoms. The minimum Gasteiger partial charge on any atom is -0.341 e. The van der Waals surface area contributed by atoms with Crippen LogP contribution in [-0.2, 0) is 22.4 Å². The number of hydrogen-bond donors (Lipinski definition) is 2. The molecule has 0 bridgehead atoms. The molecule has 0 aliphatic heterocycles. The van der Waals surface area contributed by atoms with Crippen LogP contribution in [0.5, 0.6) is 0 Å². The van der Waals surface area contributed by atoms with Crippen LogP contribution in [-0.4, -0.2) is 36.3 Å². The first-order valence-electron chi connectivity index (χ1n) is 10.2. The molecule has 0 fully saturated rings. The van der Waals surface area contributed by atoms with Gasteiger partial charge >= 0.3 is 0 Å². The van der Waals surface area contributed by atoms with E-state index in [9.17, 15) is 9.59 Å². The molecule has 0 spiro atoms. The van der Waals surface area contributed by atoms with Gasteiger partial charge in [0, 0.05) is 31.7 Å². The number of anilines is 1. The van der Waals surface area contributed by atoms with Gasteiger partial charge in [0.2, 0.25) is 11.8 Å². The molecule has 3 N–H and O–H groups in total. The molecule has 0 aliphatic carbocycles. The van der Waals surface area contributed by atoms with Crippen molar-refractivity contribution in [2.24, 2.45) is 11.1 Å². The number of rotatable bonds is 9. The summed E-state index contributed by atoms with van der Waals surface area (Å²) in [6, 6.07) is 17.6. The zero-order valence-corrected chi connectivity index (χ0v) is 17.8. The van der Waals surface area contributed by atoms with Gasteiger partial charge in [0.15, 0.2) is 0 Å². The van der Waals surface area contributed by atoms with E-state index in [0.717, 1.165) is 17.7 Å². The molecule has 0 aliphatic rings. The highest BCUT2D eigenvalue weighted by atomic mass is 16.2. The van der Waals surface area contributed by atoms with Crippen molar-refractivity contribution >= 4 is 17.5 Å². The molecule has 0 radical (unpaired) electrons. The molecule has 0 heterocycles. The third-order valence-corrected chi connectivity index (χ3v) is 4.55. The van der Waals surface area contributed by atoms with E-state index in [1.807, 2.05) is 68.1 Å². The van der Waals surface area contributed by atoms with Crippen LogP contribution in [0.15, 0.2) is 54.6 Å². The fourth-order valence-electron chi connectivity index (χ4n) is 3.10. The Morgan fingerprint density at radius 3 is 2.17 bits per heavy atom. The van der Waals surface area contributed by atoms with Crippen LogP contribution in [0.4, 0.5) is 5.69 Å². The van der Waals surface area contributed by atoms with Gasteiger partial charge in [-0.25, -0.2) is 0 Å². The van der Waals surface area contributed by atoms with Crippen molar-refractivity contribution in [1.82, 2.24) is 4.90 Å². The van der Waals surface area contributed by atoms with Gasteiger partial charge in [0.1, 0.15) is 0 Å². The summed E-state index contributed by atoms with van der Waals surface area (Å²) < 4.78 is 0. The Labute approximate surface area is 174 Å². The van der Waals surface area contributed by atoms with Crippen molar-refractivity contribution in [3.8, 4) is 0 Å². The van der Waals surface area contributed by atoms with Gasteiger partial charge in [-0.05, 0) is 35.1 Å². The lowest BCUT2D eigenvalue weighted by atomic mass is 9.92. The van der Waals surface area contributed by atoms with E-state index >= 15 is 0 Å². The number of benzene rings is 2. The van der Waals surface area contributed by atoms with E-state index in [-0.39, 0.29) is 17.2 Å². The topological polar surface area (TPSA) is 75.4 Å². The van der Waals surface area contributed by atoms with Crippen molar-refractivity contribution in [3.63, 3.8) is 0 Å². The Morgan fingerprint density at radius 1 is 0.931 bits per heavy atom. The van der Waals surface area contributed by atoms with Crippen LogP contribution in [0.2, 0.25) is 0 Å². The maximum atomic E-state index is 12.7. The summed E-state index contributed by atoms with van der Waals surface area (Å²) in [6.45, 7) is 7.75. The first-order chi connectivity index (χ1) is 13.8. The SMILES string of the molecule is CC(C)(C)CC(=O)Nc1ccc(CC(=O)N(CCN)CCc2ccccc2)cc1. The van der Waals surface area contributed by atoms with Crippen LogP contribution < -0.4 is 11.1 Å². The molecule has 2 rings (SSSR count). The van der Waals surface area contributed by atoms with Crippen LogP contribution in [0.25, 0.3) is 0 Å². The molecular weight excluding hydrogens is 362 g/mol. The Balaban J connectivity index is 1.90. The predicted molar refractivity (Wildman–Crippen MR) is 119 cm³/mol. The first kappa shape index (κ1) is 22.6. The van der Waals surface area contributed by atoms with Gasteiger partial charge < -0.3 is 16.0 Å². The van der Waals surface area contributed by atoms with Crippen molar-refractivity contribution < 1.29 is 9.59 Å². The summed E-state index contributed by atoms with van der Waals surface area (Å²) in [6.07, 6.45) is 1.60. The molecule has 0 aromatic heterocycles. The lowest BCUT2D eigenvalue weighted by Gasteiger charge is -2.22. The van der Waals surface area contributed by atoms with Crippen LogP contribution in [0.3, 0.4) is 0 Å². The lowest BCUT2D eigenvalue weighted by molar-refractivity contribution is -0.130. The van der Waals surface area contributed by atoms with Crippen molar-refractivity contribution in [2.75, 3.05) is 25.0 Å². The maximum absolute atomic E-state index is 12.7. The Hall–Kier alpha value is -2.66. The van der Waals surface area contributed by atoms with E-state index in [1.54, 1.807) is 0 Å². The summed E-state index contributed by atoms with van der Waals surface area (Å²) in [7, 11) is 0.